The fourth-order valence-corrected chi connectivity index (χ4v) is 3.42. The van der Waals surface area contributed by atoms with Crippen molar-refractivity contribution in [2.24, 2.45) is 0 Å². The number of halogens is 3. The van der Waals surface area contributed by atoms with Crippen LogP contribution in [0.15, 0.2) is 16.9 Å². The summed E-state index contributed by atoms with van der Waals surface area (Å²) < 4.78 is 6.51. The SMILES string of the molecule is OC[C@H]1O[C@](O)(n2c(Br)nc3cc(Cl)c(Cl)cc32)[C@H](O)[C@@H]1O. The Morgan fingerprint density at radius 2 is 1.95 bits per heavy atom. The topological polar surface area (TPSA) is 108 Å². The molecule has 1 aromatic heterocycles. The zero-order chi connectivity index (χ0) is 16.2. The minimum absolute atomic E-state index is 0.133. The van der Waals surface area contributed by atoms with E-state index in [4.69, 9.17) is 33.0 Å². The predicted molar refractivity (Wildman–Crippen MR) is 81.6 cm³/mol. The maximum absolute atomic E-state index is 10.7. The van der Waals surface area contributed by atoms with Crippen molar-refractivity contribution in [1.29, 1.82) is 0 Å². The van der Waals surface area contributed by atoms with Crippen LogP contribution < -0.4 is 0 Å². The molecule has 2 aromatic rings. The van der Waals surface area contributed by atoms with E-state index in [0.717, 1.165) is 4.57 Å². The molecule has 7 nitrogen and oxygen atoms in total. The summed E-state index contributed by atoms with van der Waals surface area (Å²) in [5, 5.41) is 40.4. The molecule has 120 valence electrons. The number of imidazole rings is 1. The Morgan fingerprint density at radius 1 is 1.32 bits per heavy atom. The number of ether oxygens (including phenoxy) is 1. The van der Waals surface area contributed by atoms with Crippen molar-refractivity contribution >= 4 is 50.2 Å². The number of hydrogen-bond acceptors (Lipinski definition) is 6. The van der Waals surface area contributed by atoms with Crippen molar-refractivity contribution in [2.75, 3.05) is 6.61 Å². The first-order valence-corrected chi connectivity index (χ1v) is 7.75. The van der Waals surface area contributed by atoms with Crippen molar-refractivity contribution in [3.8, 4) is 0 Å². The van der Waals surface area contributed by atoms with Crippen molar-refractivity contribution in [3.05, 3.63) is 26.9 Å². The van der Waals surface area contributed by atoms with E-state index >= 15 is 0 Å². The molecular weight excluding hydrogens is 403 g/mol. The lowest BCUT2D eigenvalue weighted by molar-refractivity contribution is -0.287. The third-order valence-electron chi connectivity index (χ3n) is 3.57. The van der Waals surface area contributed by atoms with E-state index < -0.39 is 30.8 Å². The van der Waals surface area contributed by atoms with Gasteiger partial charge in [-0.15, -0.1) is 0 Å². The third kappa shape index (κ3) is 2.26. The molecule has 1 aliphatic rings. The van der Waals surface area contributed by atoms with Crippen LogP contribution in [0.1, 0.15) is 0 Å². The van der Waals surface area contributed by atoms with Crippen LogP contribution >= 0.6 is 39.1 Å². The Labute approximate surface area is 142 Å². The molecule has 1 fully saturated rings. The van der Waals surface area contributed by atoms with Gasteiger partial charge in [-0.2, -0.15) is 0 Å². The maximum Gasteiger partial charge on any atom is 0.285 e. The number of fused-ring (bicyclic) bond motifs is 1. The molecule has 4 atom stereocenters. The van der Waals surface area contributed by atoms with Crippen LogP contribution in [0, 0.1) is 0 Å². The fourth-order valence-electron chi connectivity index (χ4n) is 2.47. The van der Waals surface area contributed by atoms with Crippen LogP contribution in [0.3, 0.4) is 0 Å². The third-order valence-corrected chi connectivity index (χ3v) is 4.82. The summed E-state index contributed by atoms with van der Waals surface area (Å²) in [5.74, 6) is -2.32. The first kappa shape index (κ1) is 16.4. The number of rotatable bonds is 2. The van der Waals surface area contributed by atoms with Crippen LogP contribution in [0.25, 0.3) is 11.0 Å². The van der Waals surface area contributed by atoms with Gasteiger partial charge in [0.25, 0.3) is 5.91 Å². The largest absolute Gasteiger partial charge is 0.394 e. The van der Waals surface area contributed by atoms with Gasteiger partial charge in [-0.3, -0.25) is 4.57 Å². The Hall–Kier alpha value is -0.450. The summed E-state index contributed by atoms with van der Waals surface area (Å²) in [6.07, 6.45) is -4.32. The number of aromatic nitrogens is 2. The van der Waals surface area contributed by atoms with Gasteiger partial charge >= 0.3 is 0 Å². The molecule has 0 unspecified atom stereocenters. The molecule has 3 rings (SSSR count). The highest BCUT2D eigenvalue weighted by molar-refractivity contribution is 9.10. The summed E-state index contributed by atoms with van der Waals surface area (Å²) >= 11 is 15.1. The minimum atomic E-state index is -2.32. The smallest absolute Gasteiger partial charge is 0.285 e. The standard InChI is InChI=1S/C12H11BrCl2N2O5/c13-11-16-6-1-4(14)5(15)2-7(6)17(11)12(21)10(20)9(19)8(3-18)22-12/h1-2,8-10,18-21H,3H2/t8-,9-,10-,12+/m1/s1. The quantitative estimate of drug-likeness (QED) is 0.580. The number of aliphatic hydroxyl groups excluding tert-OH is 3. The molecule has 1 saturated heterocycles. The van der Waals surface area contributed by atoms with Gasteiger partial charge < -0.3 is 25.2 Å². The van der Waals surface area contributed by atoms with Crippen molar-refractivity contribution < 1.29 is 25.2 Å². The number of nitrogens with zero attached hydrogens (tertiary/aromatic N) is 2. The van der Waals surface area contributed by atoms with E-state index in [-0.39, 0.29) is 14.8 Å². The normalized spacial score (nSPS) is 32.0. The fraction of sp³-hybridized carbons (Fsp3) is 0.417. The molecule has 1 aliphatic heterocycles. The van der Waals surface area contributed by atoms with Gasteiger partial charge in [0.05, 0.1) is 27.7 Å². The number of hydrogen-bond donors (Lipinski definition) is 4. The van der Waals surface area contributed by atoms with Gasteiger partial charge in [-0.25, -0.2) is 4.98 Å². The van der Waals surface area contributed by atoms with E-state index in [9.17, 15) is 15.3 Å². The monoisotopic (exact) mass is 412 g/mol. The highest BCUT2D eigenvalue weighted by Gasteiger charge is 2.56. The van der Waals surface area contributed by atoms with Crippen LogP contribution in [-0.2, 0) is 10.6 Å². The van der Waals surface area contributed by atoms with Crippen LogP contribution in [0.2, 0.25) is 10.0 Å². The average molecular weight is 414 g/mol. The Balaban J connectivity index is 2.21. The highest BCUT2D eigenvalue weighted by atomic mass is 79.9. The van der Waals surface area contributed by atoms with Crippen LogP contribution in [-0.4, -0.2) is 54.9 Å². The lowest BCUT2D eigenvalue weighted by Crippen LogP contribution is -2.45. The first-order chi connectivity index (χ1) is 10.3. The van der Waals surface area contributed by atoms with Crippen LogP contribution in [0.4, 0.5) is 0 Å². The number of aliphatic hydroxyl groups is 4. The molecule has 0 radical (unpaired) electrons. The van der Waals surface area contributed by atoms with Crippen molar-refractivity contribution in [2.45, 2.75) is 24.2 Å². The Morgan fingerprint density at radius 3 is 2.55 bits per heavy atom. The molecule has 0 bridgehead atoms. The van der Waals surface area contributed by atoms with E-state index in [1.54, 1.807) is 0 Å². The van der Waals surface area contributed by atoms with E-state index in [1.165, 1.54) is 12.1 Å². The molecule has 10 heteroatoms. The summed E-state index contributed by atoms with van der Waals surface area (Å²) in [5.41, 5.74) is 0.723. The molecule has 0 spiro atoms. The van der Waals surface area contributed by atoms with Gasteiger partial charge in [-0.05, 0) is 28.1 Å². The van der Waals surface area contributed by atoms with Gasteiger partial charge in [0.1, 0.15) is 12.2 Å². The molecule has 4 N–H and O–H groups in total. The van der Waals surface area contributed by atoms with Gasteiger partial charge in [0.15, 0.2) is 10.8 Å². The first-order valence-electron chi connectivity index (χ1n) is 6.20. The van der Waals surface area contributed by atoms with E-state index in [2.05, 4.69) is 20.9 Å². The highest BCUT2D eigenvalue weighted by Crippen LogP contribution is 2.39. The maximum atomic E-state index is 10.7. The molecule has 1 aromatic carbocycles. The molecule has 22 heavy (non-hydrogen) atoms. The van der Waals surface area contributed by atoms with Gasteiger partial charge in [0.2, 0.25) is 0 Å². The molecular formula is C12H11BrCl2N2O5. The lowest BCUT2D eigenvalue weighted by atomic mass is 10.1. The molecule has 0 aliphatic carbocycles. The zero-order valence-corrected chi connectivity index (χ0v) is 13.9. The van der Waals surface area contributed by atoms with E-state index in [1.807, 2.05) is 0 Å². The second-order valence-corrected chi connectivity index (χ2v) is 6.43. The lowest BCUT2D eigenvalue weighted by Gasteiger charge is -2.28. The van der Waals surface area contributed by atoms with Gasteiger partial charge in [-0.1, -0.05) is 23.2 Å². The van der Waals surface area contributed by atoms with Crippen molar-refractivity contribution in [1.82, 2.24) is 9.55 Å². The van der Waals surface area contributed by atoms with E-state index in [0.29, 0.717) is 11.0 Å². The molecule has 2 heterocycles. The predicted octanol–water partition coefficient (Wildman–Crippen LogP) is 0.821. The zero-order valence-electron chi connectivity index (χ0n) is 10.8. The summed E-state index contributed by atoms with van der Waals surface area (Å²) in [6.45, 7) is -0.572. The second-order valence-electron chi connectivity index (χ2n) is 4.90. The Bertz CT molecular complexity index is 742. The summed E-state index contributed by atoms with van der Waals surface area (Å²) in [6, 6.07) is 2.94. The van der Waals surface area contributed by atoms with Crippen LogP contribution in [0.5, 0.6) is 0 Å². The Kier molecular flexibility index (Phi) is 4.15. The molecule has 0 saturated carbocycles. The average Bonchev–Trinajstić information content (AvgIpc) is 2.89. The van der Waals surface area contributed by atoms with Crippen molar-refractivity contribution in [3.63, 3.8) is 0 Å². The second kappa shape index (κ2) is 5.57. The van der Waals surface area contributed by atoms with Gasteiger partial charge in [0, 0.05) is 0 Å². The minimum Gasteiger partial charge on any atom is -0.394 e. The number of benzene rings is 1. The summed E-state index contributed by atoms with van der Waals surface area (Å²) in [4.78, 5) is 4.16. The summed E-state index contributed by atoms with van der Waals surface area (Å²) in [7, 11) is 0. The molecule has 0 amide bonds.